The maximum Gasteiger partial charge on any atom is 0.0712 e. The van der Waals surface area contributed by atoms with Gasteiger partial charge in [-0.2, -0.15) is 5.10 Å². The highest BCUT2D eigenvalue weighted by atomic mass is 16.3. The second-order valence-corrected chi connectivity index (χ2v) is 5.86. The van der Waals surface area contributed by atoms with Crippen LogP contribution in [0.4, 0.5) is 0 Å². The molecule has 0 radical (unpaired) electrons. The number of hydrogen-bond acceptors (Lipinski definition) is 2. The molecule has 118 valence electrons. The minimum absolute atomic E-state index is 0.0337. The molecule has 3 nitrogen and oxygen atoms in total. The zero-order valence-electron chi connectivity index (χ0n) is 13.7. The third-order valence-electron chi connectivity index (χ3n) is 4.20. The van der Waals surface area contributed by atoms with Gasteiger partial charge in [0.05, 0.1) is 19.3 Å². The summed E-state index contributed by atoms with van der Waals surface area (Å²) in [6.07, 6.45) is 4.62. The summed E-state index contributed by atoms with van der Waals surface area (Å²) >= 11 is 0. The fourth-order valence-electron chi connectivity index (χ4n) is 2.97. The van der Waals surface area contributed by atoms with Gasteiger partial charge in [0.1, 0.15) is 0 Å². The third-order valence-corrected chi connectivity index (χ3v) is 4.20. The van der Waals surface area contributed by atoms with Gasteiger partial charge in [-0.15, -0.1) is 0 Å². The van der Waals surface area contributed by atoms with Crippen molar-refractivity contribution in [2.45, 2.75) is 33.4 Å². The molecule has 0 unspecified atom stereocenters. The molecule has 1 aromatic heterocycles. The van der Waals surface area contributed by atoms with Crippen LogP contribution >= 0.6 is 0 Å². The third kappa shape index (κ3) is 3.35. The fraction of sp³-hybridized carbons (Fsp3) is 0.250. The Bertz CT molecular complexity index is 788. The fourth-order valence-corrected chi connectivity index (χ4v) is 2.97. The van der Waals surface area contributed by atoms with Gasteiger partial charge >= 0.3 is 0 Å². The number of aliphatic hydroxyl groups is 1. The van der Waals surface area contributed by atoms with Gasteiger partial charge in [-0.3, -0.25) is 4.68 Å². The SMILES string of the molecule is CCc1cccc(C)c1-c1ccc(Cn2cc(CO)cn2)cc1. The van der Waals surface area contributed by atoms with Gasteiger partial charge in [0.25, 0.3) is 0 Å². The molecule has 0 aliphatic rings. The van der Waals surface area contributed by atoms with Crippen LogP contribution in [0.3, 0.4) is 0 Å². The number of aliphatic hydroxyl groups excluding tert-OH is 1. The lowest BCUT2D eigenvalue weighted by Crippen LogP contribution is -2.00. The zero-order chi connectivity index (χ0) is 16.2. The number of benzene rings is 2. The largest absolute Gasteiger partial charge is 0.392 e. The molecular weight excluding hydrogens is 284 g/mol. The van der Waals surface area contributed by atoms with Gasteiger partial charge in [-0.05, 0) is 41.2 Å². The van der Waals surface area contributed by atoms with Crippen molar-refractivity contribution in [1.29, 1.82) is 0 Å². The standard InChI is InChI=1S/C20H22N2O/c1-3-18-6-4-5-15(2)20(18)19-9-7-16(8-10-19)12-22-13-17(14-23)11-21-22/h4-11,13,23H,3,12,14H2,1-2H3. The molecule has 1 N–H and O–H groups in total. The van der Waals surface area contributed by atoms with E-state index in [0.717, 1.165) is 12.0 Å². The predicted octanol–water partition coefficient (Wildman–Crippen LogP) is 3.96. The van der Waals surface area contributed by atoms with E-state index in [4.69, 9.17) is 5.11 Å². The molecule has 0 spiro atoms. The quantitative estimate of drug-likeness (QED) is 0.775. The summed E-state index contributed by atoms with van der Waals surface area (Å²) in [5.74, 6) is 0. The van der Waals surface area contributed by atoms with Crippen LogP contribution < -0.4 is 0 Å². The first kappa shape index (κ1) is 15.5. The average molecular weight is 306 g/mol. The molecular formula is C20H22N2O. The Labute approximate surface area is 137 Å². The van der Waals surface area contributed by atoms with Crippen LogP contribution in [-0.4, -0.2) is 14.9 Å². The Balaban J connectivity index is 1.85. The molecule has 0 aliphatic carbocycles. The summed E-state index contributed by atoms with van der Waals surface area (Å²) in [6.45, 7) is 5.12. The summed E-state index contributed by atoms with van der Waals surface area (Å²) in [5, 5.41) is 13.4. The molecule has 0 aliphatic heterocycles. The van der Waals surface area contributed by atoms with Crippen molar-refractivity contribution >= 4 is 0 Å². The first-order chi connectivity index (χ1) is 11.2. The maximum atomic E-state index is 9.10. The monoisotopic (exact) mass is 306 g/mol. The maximum absolute atomic E-state index is 9.10. The molecule has 3 heteroatoms. The molecule has 0 amide bonds. The van der Waals surface area contributed by atoms with E-state index in [1.807, 2.05) is 10.9 Å². The van der Waals surface area contributed by atoms with Gasteiger partial charge in [0.15, 0.2) is 0 Å². The molecule has 0 saturated heterocycles. The van der Waals surface area contributed by atoms with Gasteiger partial charge in [-0.1, -0.05) is 49.4 Å². The van der Waals surface area contributed by atoms with Crippen LogP contribution in [0.5, 0.6) is 0 Å². The second kappa shape index (κ2) is 6.80. The van der Waals surface area contributed by atoms with Crippen LogP contribution in [0.2, 0.25) is 0 Å². The number of hydrogen-bond donors (Lipinski definition) is 1. The van der Waals surface area contributed by atoms with E-state index in [2.05, 4.69) is 61.4 Å². The predicted molar refractivity (Wildman–Crippen MR) is 93.2 cm³/mol. The first-order valence-corrected chi connectivity index (χ1v) is 8.01. The van der Waals surface area contributed by atoms with E-state index in [-0.39, 0.29) is 6.61 Å². The Morgan fingerprint density at radius 2 is 1.83 bits per heavy atom. The summed E-state index contributed by atoms with van der Waals surface area (Å²) in [7, 11) is 0. The first-order valence-electron chi connectivity index (χ1n) is 8.01. The highest BCUT2D eigenvalue weighted by molar-refractivity contribution is 5.71. The topological polar surface area (TPSA) is 38.0 Å². The van der Waals surface area contributed by atoms with E-state index in [9.17, 15) is 0 Å². The lowest BCUT2D eigenvalue weighted by atomic mass is 9.93. The van der Waals surface area contributed by atoms with Crippen molar-refractivity contribution in [3.63, 3.8) is 0 Å². The number of nitrogens with zero attached hydrogens (tertiary/aromatic N) is 2. The van der Waals surface area contributed by atoms with Crippen LogP contribution in [0.15, 0.2) is 54.9 Å². The van der Waals surface area contributed by atoms with Crippen molar-refractivity contribution in [3.8, 4) is 11.1 Å². The normalized spacial score (nSPS) is 10.9. The van der Waals surface area contributed by atoms with Crippen molar-refractivity contribution in [3.05, 3.63) is 77.1 Å². The lowest BCUT2D eigenvalue weighted by Gasteiger charge is -2.12. The Morgan fingerprint density at radius 3 is 2.48 bits per heavy atom. The lowest BCUT2D eigenvalue weighted by molar-refractivity contribution is 0.281. The minimum atomic E-state index is 0.0337. The smallest absolute Gasteiger partial charge is 0.0712 e. The van der Waals surface area contributed by atoms with Crippen molar-refractivity contribution in [2.24, 2.45) is 0 Å². The van der Waals surface area contributed by atoms with Gasteiger partial charge < -0.3 is 5.11 Å². The molecule has 0 fully saturated rings. The molecule has 23 heavy (non-hydrogen) atoms. The van der Waals surface area contributed by atoms with E-state index >= 15 is 0 Å². The van der Waals surface area contributed by atoms with Gasteiger partial charge in [0, 0.05) is 11.8 Å². The van der Waals surface area contributed by atoms with Crippen LogP contribution in [-0.2, 0) is 19.6 Å². The molecule has 3 aromatic rings. The van der Waals surface area contributed by atoms with Crippen LogP contribution in [0, 0.1) is 6.92 Å². The van der Waals surface area contributed by atoms with Crippen molar-refractivity contribution < 1.29 is 5.11 Å². The van der Waals surface area contributed by atoms with Gasteiger partial charge in [0.2, 0.25) is 0 Å². The second-order valence-electron chi connectivity index (χ2n) is 5.86. The molecule has 1 heterocycles. The average Bonchev–Trinajstić information content (AvgIpc) is 3.03. The molecule has 0 atom stereocenters. The highest BCUT2D eigenvalue weighted by Crippen LogP contribution is 2.28. The Hall–Kier alpha value is -2.39. The number of aromatic nitrogens is 2. The number of aryl methyl sites for hydroxylation is 2. The summed E-state index contributed by atoms with van der Waals surface area (Å²) in [4.78, 5) is 0. The highest BCUT2D eigenvalue weighted by Gasteiger charge is 2.07. The summed E-state index contributed by atoms with van der Waals surface area (Å²) in [6, 6.07) is 15.2. The Morgan fingerprint density at radius 1 is 1.04 bits per heavy atom. The summed E-state index contributed by atoms with van der Waals surface area (Å²) in [5.41, 5.74) is 7.36. The molecule has 0 bridgehead atoms. The van der Waals surface area contributed by atoms with E-state index < -0.39 is 0 Å². The molecule has 3 rings (SSSR count). The van der Waals surface area contributed by atoms with Crippen molar-refractivity contribution in [2.75, 3.05) is 0 Å². The van der Waals surface area contributed by atoms with E-state index in [1.54, 1.807) is 6.20 Å². The molecule has 0 saturated carbocycles. The summed E-state index contributed by atoms with van der Waals surface area (Å²) < 4.78 is 1.85. The van der Waals surface area contributed by atoms with Crippen molar-refractivity contribution in [1.82, 2.24) is 9.78 Å². The van der Waals surface area contributed by atoms with Crippen LogP contribution in [0.25, 0.3) is 11.1 Å². The zero-order valence-corrected chi connectivity index (χ0v) is 13.7. The van der Waals surface area contributed by atoms with Gasteiger partial charge in [-0.25, -0.2) is 0 Å². The number of rotatable bonds is 5. The minimum Gasteiger partial charge on any atom is -0.392 e. The van der Waals surface area contributed by atoms with E-state index in [1.165, 1.54) is 27.8 Å². The molecule has 2 aromatic carbocycles. The Kier molecular flexibility index (Phi) is 4.58. The van der Waals surface area contributed by atoms with Crippen LogP contribution in [0.1, 0.15) is 29.2 Å². The van der Waals surface area contributed by atoms with E-state index in [0.29, 0.717) is 6.54 Å².